The van der Waals surface area contributed by atoms with Crippen molar-refractivity contribution in [3.8, 4) is 5.75 Å². The first kappa shape index (κ1) is 20.9. The number of aryl methyl sites for hydroxylation is 1. The molecule has 4 aliphatic heterocycles. The van der Waals surface area contributed by atoms with E-state index in [4.69, 9.17) is 14.9 Å². The molecule has 0 aliphatic carbocycles. The maximum atomic E-state index is 12.5. The molecule has 4 heterocycles. The summed E-state index contributed by atoms with van der Waals surface area (Å²) >= 11 is 0. The average molecular weight is 402 g/mol. The number of piperidine rings is 3. The molecule has 0 radical (unpaired) electrons. The van der Waals surface area contributed by atoms with E-state index in [0.717, 1.165) is 37.3 Å². The number of carbonyl (C=O) groups is 3. The van der Waals surface area contributed by atoms with Gasteiger partial charge in [-0.2, -0.15) is 0 Å². The average Bonchev–Trinajstić information content (AvgIpc) is 2.73. The topological polar surface area (TPSA) is 116 Å². The quantitative estimate of drug-likeness (QED) is 0.654. The fraction of sp³-hybridized carbons (Fsp3) is 0.476. The molecule has 2 bridgehead atoms. The lowest BCUT2D eigenvalue weighted by Gasteiger charge is -2.44. The van der Waals surface area contributed by atoms with Crippen molar-refractivity contribution >= 4 is 17.8 Å². The Kier molecular flexibility index (Phi) is 6.87. The van der Waals surface area contributed by atoms with E-state index in [2.05, 4.69) is 10.2 Å². The van der Waals surface area contributed by atoms with E-state index < -0.39 is 11.9 Å². The summed E-state index contributed by atoms with van der Waals surface area (Å²) in [6, 6.07) is 6.17. The SMILES string of the molecule is O=C(N[C@H]1CN2CCC1CC2)c1ccc2c(c1)CCCO2.O=C(O)C=CC(=O)O. The number of ether oxygens (including phenoxy) is 1. The Labute approximate surface area is 169 Å². The molecule has 1 atom stereocenters. The highest BCUT2D eigenvalue weighted by molar-refractivity contribution is 5.95. The van der Waals surface area contributed by atoms with Gasteiger partial charge in [0.2, 0.25) is 0 Å². The first-order valence-electron chi connectivity index (χ1n) is 9.85. The Hall–Kier alpha value is -2.87. The number of hydrogen-bond donors (Lipinski definition) is 3. The monoisotopic (exact) mass is 402 g/mol. The van der Waals surface area contributed by atoms with Crippen molar-refractivity contribution in [1.29, 1.82) is 0 Å². The van der Waals surface area contributed by atoms with Crippen LogP contribution in [0.5, 0.6) is 5.75 Å². The molecule has 1 aromatic rings. The first-order valence-corrected chi connectivity index (χ1v) is 9.85. The van der Waals surface area contributed by atoms with Crippen molar-refractivity contribution < 1.29 is 29.3 Å². The van der Waals surface area contributed by atoms with Crippen LogP contribution in [0.25, 0.3) is 0 Å². The smallest absolute Gasteiger partial charge is 0.328 e. The molecule has 29 heavy (non-hydrogen) atoms. The zero-order valence-electron chi connectivity index (χ0n) is 16.2. The molecule has 156 valence electrons. The van der Waals surface area contributed by atoms with Crippen molar-refractivity contribution in [3.63, 3.8) is 0 Å². The zero-order chi connectivity index (χ0) is 20.8. The van der Waals surface area contributed by atoms with Crippen LogP contribution in [0, 0.1) is 5.92 Å². The van der Waals surface area contributed by atoms with Crippen LogP contribution in [0.2, 0.25) is 0 Å². The molecule has 8 nitrogen and oxygen atoms in total. The van der Waals surface area contributed by atoms with Gasteiger partial charge < -0.3 is 25.2 Å². The number of nitrogens with one attached hydrogen (secondary N) is 1. The number of hydrogen-bond acceptors (Lipinski definition) is 5. The Balaban J connectivity index is 0.000000258. The van der Waals surface area contributed by atoms with Crippen LogP contribution >= 0.6 is 0 Å². The lowest BCUT2D eigenvalue weighted by molar-refractivity contribution is -0.134. The maximum absolute atomic E-state index is 12.5. The number of carboxylic acid groups (broad SMARTS) is 2. The number of carbonyl (C=O) groups excluding carboxylic acids is 1. The van der Waals surface area contributed by atoms with Gasteiger partial charge in [0.05, 0.1) is 6.61 Å². The third-order valence-corrected chi connectivity index (χ3v) is 5.51. The Morgan fingerprint density at radius 1 is 1.10 bits per heavy atom. The van der Waals surface area contributed by atoms with Crippen LogP contribution in [0.4, 0.5) is 0 Å². The summed E-state index contributed by atoms with van der Waals surface area (Å²) in [7, 11) is 0. The highest BCUT2D eigenvalue weighted by Gasteiger charge is 2.35. The number of fused-ring (bicyclic) bond motifs is 4. The van der Waals surface area contributed by atoms with Crippen LogP contribution < -0.4 is 10.1 Å². The van der Waals surface area contributed by atoms with Gasteiger partial charge in [-0.25, -0.2) is 9.59 Å². The molecule has 0 spiro atoms. The van der Waals surface area contributed by atoms with E-state index in [-0.39, 0.29) is 5.91 Å². The summed E-state index contributed by atoms with van der Waals surface area (Å²) in [6.45, 7) is 4.21. The van der Waals surface area contributed by atoms with E-state index >= 15 is 0 Å². The van der Waals surface area contributed by atoms with E-state index in [1.807, 2.05) is 18.2 Å². The maximum Gasteiger partial charge on any atom is 0.328 e. The van der Waals surface area contributed by atoms with Crippen LogP contribution in [0.15, 0.2) is 30.4 Å². The number of carboxylic acids is 2. The summed E-state index contributed by atoms with van der Waals surface area (Å²) in [6.07, 6.45) is 5.62. The molecule has 1 amide bonds. The Bertz CT molecular complexity index is 782. The lowest BCUT2D eigenvalue weighted by Crippen LogP contribution is -2.57. The van der Waals surface area contributed by atoms with Crippen molar-refractivity contribution in [2.45, 2.75) is 31.7 Å². The van der Waals surface area contributed by atoms with Crippen LogP contribution in [-0.2, 0) is 16.0 Å². The number of aliphatic carboxylic acids is 2. The summed E-state index contributed by atoms with van der Waals surface area (Å²) in [5.74, 6) is -0.831. The number of rotatable bonds is 4. The molecule has 0 aromatic heterocycles. The molecule has 8 heteroatoms. The minimum absolute atomic E-state index is 0.0714. The molecule has 3 N–H and O–H groups in total. The second-order valence-corrected chi connectivity index (χ2v) is 7.50. The molecule has 5 rings (SSSR count). The Morgan fingerprint density at radius 3 is 2.38 bits per heavy atom. The fourth-order valence-corrected chi connectivity index (χ4v) is 4.02. The minimum atomic E-state index is -1.26. The second kappa shape index (κ2) is 9.56. The molecular weight excluding hydrogens is 376 g/mol. The highest BCUT2D eigenvalue weighted by atomic mass is 16.5. The van der Waals surface area contributed by atoms with Crippen molar-refractivity contribution in [2.24, 2.45) is 5.92 Å². The molecule has 3 fully saturated rings. The van der Waals surface area contributed by atoms with Gasteiger partial charge in [-0.15, -0.1) is 0 Å². The Morgan fingerprint density at radius 2 is 1.79 bits per heavy atom. The van der Waals surface area contributed by atoms with E-state index in [1.165, 1.54) is 31.5 Å². The normalized spacial score (nSPS) is 24.6. The molecule has 3 saturated heterocycles. The van der Waals surface area contributed by atoms with Gasteiger partial charge >= 0.3 is 11.9 Å². The molecule has 0 unspecified atom stereocenters. The van der Waals surface area contributed by atoms with Crippen LogP contribution in [-0.4, -0.2) is 65.2 Å². The van der Waals surface area contributed by atoms with Gasteiger partial charge in [-0.05, 0) is 68.5 Å². The van der Waals surface area contributed by atoms with E-state index in [9.17, 15) is 14.4 Å². The lowest BCUT2D eigenvalue weighted by atomic mass is 9.84. The van der Waals surface area contributed by atoms with Crippen molar-refractivity contribution in [2.75, 3.05) is 26.2 Å². The predicted octanol–water partition coefficient (Wildman–Crippen LogP) is 1.55. The van der Waals surface area contributed by atoms with Gasteiger partial charge in [-0.1, -0.05) is 0 Å². The predicted molar refractivity (Wildman–Crippen MR) is 105 cm³/mol. The third kappa shape index (κ3) is 5.80. The van der Waals surface area contributed by atoms with E-state index in [1.54, 1.807) is 0 Å². The largest absolute Gasteiger partial charge is 0.493 e. The van der Waals surface area contributed by atoms with Crippen molar-refractivity contribution in [1.82, 2.24) is 10.2 Å². The minimum Gasteiger partial charge on any atom is -0.493 e. The summed E-state index contributed by atoms with van der Waals surface area (Å²) in [4.78, 5) is 34.1. The van der Waals surface area contributed by atoms with Gasteiger partial charge in [0, 0.05) is 30.3 Å². The molecule has 0 saturated carbocycles. The number of benzene rings is 1. The van der Waals surface area contributed by atoms with Gasteiger partial charge in [0.1, 0.15) is 5.75 Å². The standard InChI is InChI=1S/C17H22N2O2.C4H4O4/c20-17(18-15-11-19-7-5-12(15)6-8-19)14-3-4-16-13(10-14)2-1-9-21-16;5-3(6)1-2-4(7)8/h3-4,10,12,15H,1-2,5-9,11H2,(H,18,20);1-2H,(H,5,6)(H,7,8)/t15-;/m0./s1. The molecular formula is C21H26N2O6. The van der Waals surface area contributed by atoms with E-state index in [0.29, 0.717) is 24.1 Å². The fourth-order valence-electron chi connectivity index (χ4n) is 4.02. The van der Waals surface area contributed by atoms with Gasteiger partial charge in [0.25, 0.3) is 5.91 Å². The van der Waals surface area contributed by atoms with Crippen molar-refractivity contribution in [3.05, 3.63) is 41.5 Å². The van der Waals surface area contributed by atoms with Crippen LogP contribution in [0.1, 0.15) is 35.2 Å². The molecule has 4 aliphatic rings. The highest BCUT2D eigenvalue weighted by Crippen LogP contribution is 2.28. The number of nitrogens with zero attached hydrogens (tertiary/aromatic N) is 1. The zero-order valence-corrected chi connectivity index (χ0v) is 16.2. The summed E-state index contributed by atoms with van der Waals surface area (Å²) < 4.78 is 5.61. The van der Waals surface area contributed by atoms with Gasteiger partial charge in [0.15, 0.2) is 0 Å². The second-order valence-electron chi connectivity index (χ2n) is 7.50. The number of amides is 1. The first-order chi connectivity index (χ1) is 13.9. The molecule has 1 aromatic carbocycles. The van der Waals surface area contributed by atoms with Gasteiger partial charge in [-0.3, -0.25) is 4.79 Å². The summed E-state index contributed by atoms with van der Waals surface area (Å²) in [5, 5.41) is 18.9. The van der Waals surface area contributed by atoms with Crippen LogP contribution in [0.3, 0.4) is 0 Å². The third-order valence-electron chi connectivity index (χ3n) is 5.51. The summed E-state index contributed by atoms with van der Waals surface area (Å²) in [5.41, 5.74) is 1.94.